The molecule has 2 heterocycles. The fraction of sp³-hybridized carbons (Fsp3) is 0.476. The Morgan fingerprint density at radius 3 is 2.45 bits per heavy atom. The second-order valence-electron chi connectivity index (χ2n) is 7.67. The summed E-state index contributed by atoms with van der Waals surface area (Å²) in [6, 6.07) is 9.33. The number of piperidine rings is 1. The van der Waals surface area contributed by atoms with Crippen LogP contribution in [0.1, 0.15) is 65.4 Å². The van der Waals surface area contributed by atoms with Gasteiger partial charge < -0.3 is 16.0 Å². The minimum absolute atomic E-state index is 0. The SMILES string of the molecule is Cl.O=C(NC1CCCC1)c1ccc(NC(=O)c2ccn(C3CCCNC3)n2)cc1. The summed E-state index contributed by atoms with van der Waals surface area (Å²) < 4.78 is 1.87. The highest BCUT2D eigenvalue weighted by Crippen LogP contribution is 2.19. The summed E-state index contributed by atoms with van der Waals surface area (Å²) in [5.74, 6) is -0.296. The largest absolute Gasteiger partial charge is 0.349 e. The summed E-state index contributed by atoms with van der Waals surface area (Å²) in [4.78, 5) is 24.8. The molecule has 0 bridgehead atoms. The summed E-state index contributed by atoms with van der Waals surface area (Å²) in [7, 11) is 0. The number of benzene rings is 1. The van der Waals surface area contributed by atoms with Crippen LogP contribution in [0.2, 0.25) is 0 Å². The van der Waals surface area contributed by atoms with Crippen LogP contribution in [0.4, 0.5) is 5.69 Å². The van der Waals surface area contributed by atoms with Crippen LogP contribution < -0.4 is 16.0 Å². The molecule has 7 nitrogen and oxygen atoms in total. The van der Waals surface area contributed by atoms with Gasteiger partial charge >= 0.3 is 0 Å². The van der Waals surface area contributed by atoms with Gasteiger partial charge in [-0.25, -0.2) is 0 Å². The zero-order valence-electron chi connectivity index (χ0n) is 16.4. The van der Waals surface area contributed by atoms with E-state index < -0.39 is 0 Å². The number of carbonyl (C=O) groups is 2. The van der Waals surface area contributed by atoms with Gasteiger partial charge in [-0.2, -0.15) is 5.10 Å². The Bertz CT molecular complexity index is 824. The topological polar surface area (TPSA) is 88.0 Å². The van der Waals surface area contributed by atoms with Crippen molar-refractivity contribution in [1.29, 1.82) is 0 Å². The average molecular weight is 418 g/mol. The number of hydrogen-bond donors (Lipinski definition) is 3. The lowest BCUT2D eigenvalue weighted by atomic mass is 10.1. The normalized spacial score (nSPS) is 19.4. The molecule has 2 fully saturated rings. The lowest BCUT2D eigenvalue weighted by Gasteiger charge is -2.22. The predicted molar refractivity (Wildman–Crippen MR) is 115 cm³/mol. The molecule has 2 aliphatic rings. The number of amides is 2. The maximum absolute atomic E-state index is 12.5. The molecule has 2 amide bonds. The summed E-state index contributed by atoms with van der Waals surface area (Å²) in [5, 5.41) is 13.7. The van der Waals surface area contributed by atoms with Gasteiger partial charge in [0, 0.05) is 30.0 Å². The van der Waals surface area contributed by atoms with Crippen molar-refractivity contribution < 1.29 is 9.59 Å². The highest BCUT2D eigenvalue weighted by molar-refractivity contribution is 6.03. The Labute approximate surface area is 177 Å². The van der Waals surface area contributed by atoms with Crippen molar-refractivity contribution in [2.24, 2.45) is 0 Å². The molecular formula is C21H28ClN5O2. The number of nitrogens with one attached hydrogen (secondary N) is 3. The Morgan fingerprint density at radius 2 is 1.76 bits per heavy atom. The highest BCUT2D eigenvalue weighted by atomic mass is 35.5. The molecular weight excluding hydrogens is 390 g/mol. The predicted octanol–water partition coefficient (Wildman–Crippen LogP) is 3.15. The third-order valence-electron chi connectivity index (χ3n) is 5.58. The number of anilines is 1. The Kier molecular flexibility index (Phi) is 7.28. The van der Waals surface area contributed by atoms with Crippen molar-refractivity contribution in [1.82, 2.24) is 20.4 Å². The van der Waals surface area contributed by atoms with Crippen molar-refractivity contribution in [2.75, 3.05) is 18.4 Å². The number of hydrogen-bond acceptors (Lipinski definition) is 4. The monoisotopic (exact) mass is 417 g/mol. The van der Waals surface area contributed by atoms with Crippen molar-refractivity contribution >= 4 is 29.9 Å². The standard InChI is InChI=1S/C21H27N5O2.ClH/c27-20(23-16-4-1-2-5-16)15-7-9-17(10-8-15)24-21(28)19-11-13-26(25-19)18-6-3-12-22-14-18;/h7-11,13,16,18,22H,1-6,12,14H2,(H,23,27)(H,24,28);1H. The lowest BCUT2D eigenvalue weighted by Crippen LogP contribution is -2.32. The van der Waals surface area contributed by atoms with Gasteiger partial charge in [0.2, 0.25) is 0 Å². The van der Waals surface area contributed by atoms with E-state index in [9.17, 15) is 9.59 Å². The van der Waals surface area contributed by atoms with Crippen molar-refractivity contribution in [3.63, 3.8) is 0 Å². The Morgan fingerprint density at radius 1 is 1.00 bits per heavy atom. The maximum atomic E-state index is 12.5. The fourth-order valence-electron chi connectivity index (χ4n) is 3.96. The lowest BCUT2D eigenvalue weighted by molar-refractivity contribution is 0.0937. The van der Waals surface area contributed by atoms with Crippen LogP contribution in [0.15, 0.2) is 36.5 Å². The number of rotatable bonds is 5. The minimum atomic E-state index is -0.245. The second kappa shape index (κ2) is 9.89. The van der Waals surface area contributed by atoms with Crippen LogP contribution in [-0.2, 0) is 0 Å². The molecule has 1 saturated carbocycles. The van der Waals surface area contributed by atoms with Gasteiger partial charge in [-0.05, 0) is 62.6 Å². The zero-order valence-corrected chi connectivity index (χ0v) is 17.2. The Balaban J connectivity index is 0.00000240. The van der Waals surface area contributed by atoms with Crippen molar-refractivity contribution in [3.8, 4) is 0 Å². The Hall–Kier alpha value is -2.38. The number of aromatic nitrogens is 2. The van der Waals surface area contributed by atoms with Crippen LogP contribution in [-0.4, -0.2) is 40.7 Å². The second-order valence-corrected chi connectivity index (χ2v) is 7.67. The fourth-order valence-corrected chi connectivity index (χ4v) is 3.96. The quantitative estimate of drug-likeness (QED) is 0.697. The first-order chi connectivity index (χ1) is 13.7. The average Bonchev–Trinajstić information content (AvgIpc) is 3.41. The number of carbonyl (C=O) groups excluding carboxylic acids is 2. The third-order valence-corrected chi connectivity index (χ3v) is 5.58. The van der Waals surface area contributed by atoms with E-state index in [-0.39, 0.29) is 24.2 Å². The molecule has 3 N–H and O–H groups in total. The van der Waals surface area contributed by atoms with Crippen LogP contribution in [0.25, 0.3) is 0 Å². The number of nitrogens with zero attached hydrogens (tertiary/aromatic N) is 2. The molecule has 1 aliphatic heterocycles. The van der Waals surface area contributed by atoms with Gasteiger partial charge in [-0.15, -0.1) is 12.4 Å². The van der Waals surface area contributed by atoms with Crippen LogP contribution in [0.3, 0.4) is 0 Å². The highest BCUT2D eigenvalue weighted by Gasteiger charge is 2.19. The van der Waals surface area contributed by atoms with Gasteiger partial charge in [0.05, 0.1) is 6.04 Å². The smallest absolute Gasteiger partial charge is 0.276 e. The minimum Gasteiger partial charge on any atom is -0.349 e. The first kappa shape index (κ1) is 21.3. The molecule has 0 spiro atoms. The molecule has 4 rings (SSSR count). The van der Waals surface area contributed by atoms with Crippen molar-refractivity contribution in [2.45, 2.75) is 50.6 Å². The van der Waals surface area contributed by atoms with E-state index in [1.807, 2.05) is 10.9 Å². The van der Waals surface area contributed by atoms with Crippen LogP contribution in [0, 0.1) is 0 Å². The summed E-state index contributed by atoms with van der Waals surface area (Å²) in [6.07, 6.45) is 8.54. The first-order valence-corrected chi connectivity index (χ1v) is 10.2. The zero-order chi connectivity index (χ0) is 19.3. The molecule has 1 unspecified atom stereocenters. The molecule has 2 aromatic rings. The molecule has 0 radical (unpaired) electrons. The van der Waals surface area contributed by atoms with Gasteiger partial charge in [-0.1, -0.05) is 12.8 Å². The van der Waals surface area contributed by atoms with E-state index in [2.05, 4.69) is 21.0 Å². The van der Waals surface area contributed by atoms with E-state index in [4.69, 9.17) is 0 Å². The van der Waals surface area contributed by atoms with Gasteiger partial charge in [0.15, 0.2) is 5.69 Å². The molecule has 1 atom stereocenters. The van der Waals surface area contributed by atoms with E-state index in [0.717, 1.165) is 38.8 Å². The summed E-state index contributed by atoms with van der Waals surface area (Å²) >= 11 is 0. The molecule has 1 aromatic heterocycles. The van der Waals surface area contributed by atoms with E-state index in [1.165, 1.54) is 12.8 Å². The first-order valence-electron chi connectivity index (χ1n) is 10.2. The molecule has 156 valence electrons. The van der Waals surface area contributed by atoms with E-state index in [0.29, 0.717) is 29.0 Å². The molecule has 1 aliphatic carbocycles. The molecule has 1 saturated heterocycles. The van der Waals surface area contributed by atoms with E-state index in [1.54, 1.807) is 30.3 Å². The van der Waals surface area contributed by atoms with Gasteiger partial charge in [-0.3, -0.25) is 14.3 Å². The molecule has 8 heteroatoms. The third kappa shape index (κ3) is 5.36. The molecule has 1 aromatic carbocycles. The van der Waals surface area contributed by atoms with Crippen LogP contribution in [0.5, 0.6) is 0 Å². The number of halogens is 1. The molecule has 29 heavy (non-hydrogen) atoms. The van der Waals surface area contributed by atoms with Gasteiger partial charge in [0.25, 0.3) is 11.8 Å². The van der Waals surface area contributed by atoms with Crippen molar-refractivity contribution in [3.05, 3.63) is 47.8 Å². The van der Waals surface area contributed by atoms with E-state index >= 15 is 0 Å². The van der Waals surface area contributed by atoms with Gasteiger partial charge in [0.1, 0.15) is 0 Å². The summed E-state index contributed by atoms with van der Waals surface area (Å²) in [5.41, 5.74) is 1.66. The van der Waals surface area contributed by atoms with Crippen LogP contribution >= 0.6 is 12.4 Å². The maximum Gasteiger partial charge on any atom is 0.276 e. The summed E-state index contributed by atoms with van der Waals surface area (Å²) in [6.45, 7) is 1.92.